The fraction of sp³-hybridized carbons (Fsp3) is 0.650. The van der Waals surface area contributed by atoms with Crippen LogP contribution >= 0.6 is 0 Å². The van der Waals surface area contributed by atoms with Gasteiger partial charge in [-0.3, -0.25) is 4.79 Å². The van der Waals surface area contributed by atoms with Crippen molar-refractivity contribution in [2.75, 3.05) is 13.6 Å². The maximum atomic E-state index is 12.9. The third-order valence-electron chi connectivity index (χ3n) is 6.50. The molecule has 2 fully saturated rings. The molecule has 0 aliphatic heterocycles. The van der Waals surface area contributed by atoms with Crippen molar-refractivity contribution in [2.24, 2.45) is 11.8 Å². The lowest BCUT2D eigenvalue weighted by molar-refractivity contribution is -0.132. The Morgan fingerprint density at radius 1 is 1.30 bits per heavy atom. The van der Waals surface area contributed by atoms with E-state index in [-0.39, 0.29) is 23.4 Å². The Balaban J connectivity index is 1.47. The van der Waals surface area contributed by atoms with Crippen molar-refractivity contribution in [2.45, 2.75) is 56.5 Å². The highest BCUT2D eigenvalue weighted by atomic mass is 16.3. The van der Waals surface area contributed by atoms with Gasteiger partial charge in [-0.05, 0) is 49.7 Å². The van der Waals surface area contributed by atoms with Gasteiger partial charge in [0.2, 0.25) is 5.91 Å². The number of nitrogens with zero attached hydrogens (tertiary/aromatic N) is 1. The maximum absolute atomic E-state index is 12.9. The van der Waals surface area contributed by atoms with E-state index in [2.05, 4.69) is 24.3 Å². The van der Waals surface area contributed by atoms with Gasteiger partial charge < -0.3 is 10.0 Å². The molecule has 0 saturated heterocycles. The summed E-state index contributed by atoms with van der Waals surface area (Å²) in [6.07, 6.45) is 7.35. The lowest BCUT2D eigenvalue weighted by Gasteiger charge is -2.28. The molecule has 4 rings (SSSR count). The lowest BCUT2D eigenvalue weighted by atomic mass is 9.78. The van der Waals surface area contributed by atoms with Crippen LogP contribution in [0.2, 0.25) is 0 Å². The van der Waals surface area contributed by atoms with Crippen molar-refractivity contribution in [3.05, 3.63) is 35.4 Å². The van der Waals surface area contributed by atoms with E-state index in [1.165, 1.54) is 17.5 Å². The van der Waals surface area contributed by atoms with Crippen molar-refractivity contribution in [3.8, 4) is 0 Å². The smallest absolute Gasteiger partial charge is 0.226 e. The van der Waals surface area contributed by atoms with Crippen LogP contribution in [0.5, 0.6) is 0 Å². The number of aliphatic hydroxyl groups is 1. The number of rotatable bonds is 3. The number of carbonyl (C=O) groups is 1. The Labute approximate surface area is 138 Å². The minimum Gasteiger partial charge on any atom is -0.393 e. The zero-order valence-electron chi connectivity index (χ0n) is 14.0. The van der Waals surface area contributed by atoms with Crippen LogP contribution in [0.1, 0.15) is 49.7 Å². The minimum absolute atomic E-state index is 0.120. The summed E-state index contributed by atoms with van der Waals surface area (Å²) in [5.41, 5.74) is 3.00. The van der Waals surface area contributed by atoms with Crippen LogP contribution in [0.4, 0.5) is 0 Å². The number of aliphatic hydroxyl groups excluding tert-OH is 1. The average Bonchev–Trinajstić information content (AvgIpc) is 3.13. The molecule has 23 heavy (non-hydrogen) atoms. The summed E-state index contributed by atoms with van der Waals surface area (Å²) in [6, 6.07) is 8.70. The number of fused-ring (bicyclic) bond motifs is 2. The second kappa shape index (κ2) is 5.62. The van der Waals surface area contributed by atoms with E-state index in [1.54, 1.807) is 0 Å². The first-order valence-corrected chi connectivity index (χ1v) is 9.13. The van der Waals surface area contributed by atoms with E-state index in [9.17, 15) is 9.90 Å². The van der Waals surface area contributed by atoms with Crippen molar-refractivity contribution < 1.29 is 9.90 Å². The molecular weight excluding hydrogens is 286 g/mol. The van der Waals surface area contributed by atoms with Crippen LogP contribution in [0.3, 0.4) is 0 Å². The Morgan fingerprint density at radius 2 is 2.13 bits per heavy atom. The molecule has 0 bridgehead atoms. The fourth-order valence-electron chi connectivity index (χ4n) is 5.09. The van der Waals surface area contributed by atoms with E-state index in [0.29, 0.717) is 12.5 Å². The molecule has 1 aromatic carbocycles. The van der Waals surface area contributed by atoms with Gasteiger partial charge >= 0.3 is 0 Å². The minimum atomic E-state index is -0.214. The molecule has 3 nitrogen and oxygen atoms in total. The van der Waals surface area contributed by atoms with Gasteiger partial charge in [0.1, 0.15) is 0 Å². The van der Waals surface area contributed by atoms with Gasteiger partial charge in [-0.25, -0.2) is 0 Å². The number of hydrogen-bond acceptors (Lipinski definition) is 2. The molecule has 1 N–H and O–H groups in total. The Hall–Kier alpha value is -1.35. The topological polar surface area (TPSA) is 40.5 Å². The third kappa shape index (κ3) is 2.50. The van der Waals surface area contributed by atoms with Gasteiger partial charge in [0.25, 0.3) is 0 Å². The maximum Gasteiger partial charge on any atom is 0.226 e. The molecule has 3 aliphatic rings. The van der Waals surface area contributed by atoms with Crippen molar-refractivity contribution >= 4 is 5.91 Å². The largest absolute Gasteiger partial charge is 0.393 e. The second-order valence-electron chi connectivity index (χ2n) is 7.90. The molecular formula is C20H27NO2. The molecule has 124 valence electrons. The van der Waals surface area contributed by atoms with Gasteiger partial charge in [-0.15, -0.1) is 0 Å². The van der Waals surface area contributed by atoms with E-state index in [4.69, 9.17) is 0 Å². The highest BCUT2D eigenvalue weighted by molar-refractivity contribution is 5.84. The highest BCUT2D eigenvalue weighted by Crippen LogP contribution is 2.60. The Kier molecular flexibility index (Phi) is 3.72. The zero-order chi connectivity index (χ0) is 16.0. The summed E-state index contributed by atoms with van der Waals surface area (Å²) in [5, 5.41) is 10.0. The van der Waals surface area contributed by atoms with Gasteiger partial charge in [-0.1, -0.05) is 30.7 Å². The van der Waals surface area contributed by atoms with Crippen LogP contribution in [-0.4, -0.2) is 35.6 Å². The summed E-state index contributed by atoms with van der Waals surface area (Å²) in [4.78, 5) is 14.8. The van der Waals surface area contributed by atoms with Gasteiger partial charge in [0, 0.05) is 30.8 Å². The Morgan fingerprint density at radius 3 is 2.91 bits per heavy atom. The van der Waals surface area contributed by atoms with Gasteiger partial charge in [0.05, 0.1) is 6.10 Å². The monoisotopic (exact) mass is 313 g/mol. The third-order valence-corrected chi connectivity index (χ3v) is 6.50. The van der Waals surface area contributed by atoms with Crippen LogP contribution in [0.25, 0.3) is 0 Å². The normalized spacial score (nSPS) is 35.1. The first kappa shape index (κ1) is 15.2. The molecule has 1 amide bonds. The fourth-order valence-corrected chi connectivity index (χ4v) is 5.09. The number of hydrogen-bond donors (Lipinski definition) is 1. The molecule has 0 aromatic heterocycles. The van der Waals surface area contributed by atoms with Crippen LogP contribution in [-0.2, 0) is 16.6 Å². The molecule has 3 aliphatic carbocycles. The molecule has 4 unspecified atom stereocenters. The molecule has 1 spiro atoms. The second-order valence-corrected chi connectivity index (χ2v) is 7.90. The van der Waals surface area contributed by atoms with E-state index < -0.39 is 0 Å². The first-order valence-electron chi connectivity index (χ1n) is 9.13. The van der Waals surface area contributed by atoms with Gasteiger partial charge in [0.15, 0.2) is 0 Å². The van der Waals surface area contributed by atoms with Crippen LogP contribution in [0.15, 0.2) is 24.3 Å². The standard InChI is InChI=1S/C20H27NO2/c1-21(13-15-7-4-10-18(15)22)19(23)17-12-20(17)11-5-8-14-6-2-3-9-16(14)20/h2-3,6,9,15,17-18,22H,4-5,7-8,10-13H2,1H3. The summed E-state index contributed by atoms with van der Waals surface area (Å²) in [7, 11) is 1.92. The van der Waals surface area contributed by atoms with Crippen LogP contribution in [0, 0.1) is 11.8 Å². The van der Waals surface area contributed by atoms with E-state index in [0.717, 1.165) is 38.5 Å². The van der Waals surface area contributed by atoms with Crippen molar-refractivity contribution in [3.63, 3.8) is 0 Å². The SMILES string of the molecule is CN(CC1CCCC1O)C(=O)C1CC12CCCc1ccccc12. The number of carbonyl (C=O) groups excluding carboxylic acids is 1. The predicted octanol–water partition coefficient (Wildman–Crippen LogP) is 2.90. The molecule has 0 radical (unpaired) electrons. The van der Waals surface area contributed by atoms with Crippen molar-refractivity contribution in [1.29, 1.82) is 0 Å². The quantitative estimate of drug-likeness (QED) is 0.932. The number of aryl methyl sites for hydroxylation is 1. The molecule has 1 aromatic rings. The average molecular weight is 313 g/mol. The van der Waals surface area contributed by atoms with Crippen LogP contribution < -0.4 is 0 Å². The first-order chi connectivity index (χ1) is 11.1. The molecule has 2 saturated carbocycles. The Bertz CT molecular complexity index is 613. The predicted molar refractivity (Wildman–Crippen MR) is 90.1 cm³/mol. The van der Waals surface area contributed by atoms with E-state index >= 15 is 0 Å². The number of benzene rings is 1. The molecule has 3 heteroatoms. The summed E-state index contributed by atoms with van der Waals surface area (Å²) in [5.74, 6) is 0.727. The summed E-state index contributed by atoms with van der Waals surface area (Å²) in [6.45, 7) is 0.716. The lowest BCUT2D eigenvalue weighted by Crippen LogP contribution is -2.37. The zero-order valence-corrected chi connectivity index (χ0v) is 14.0. The summed E-state index contributed by atoms with van der Waals surface area (Å²) >= 11 is 0. The van der Waals surface area contributed by atoms with Crippen molar-refractivity contribution in [1.82, 2.24) is 4.90 Å². The van der Waals surface area contributed by atoms with Gasteiger partial charge in [-0.2, -0.15) is 0 Å². The van der Waals surface area contributed by atoms with E-state index in [1.807, 2.05) is 11.9 Å². The summed E-state index contributed by atoms with van der Waals surface area (Å²) < 4.78 is 0. The molecule has 4 atom stereocenters. The number of amides is 1. The highest BCUT2D eigenvalue weighted by Gasteiger charge is 2.60. The molecule has 0 heterocycles.